The smallest absolute Gasteiger partial charge is 0.387 e. The van der Waals surface area contributed by atoms with Crippen molar-refractivity contribution in [1.29, 1.82) is 0 Å². The van der Waals surface area contributed by atoms with Crippen molar-refractivity contribution in [3.63, 3.8) is 0 Å². The van der Waals surface area contributed by atoms with Crippen molar-refractivity contribution in [1.82, 2.24) is 13.9 Å². The SMILES string of the molecule is Cn1ccnc1S(=O)(=O)N1CCSC1C(=O)OC(Cc1c(Cl)c[n+]([O-])cc1Cl)c1ccc(OC(F)F)c(OCC2CC2)c1. The molecule has 0 amide bonds. The molecule has 1 aliphatic carbocycles. The van der Waals surface area contributed by atoms with Gasteiger partial charge in [-0.1, -0.05) is 29.3 Å². The van der Waals surface area contributed by atoms with Gasteiger partial charge >= 0.3 is 12.6 Å². The van der Waals surface area contributed by atoms with Gasteiger partial charge in [0.05, 0.1) is 6.61 Å². The number of carbonyl (C=O) groups excluding carboxylic acids is 1. The molecule has 1 aromatic carbocycles. The number of nitrogens with zero attached hydrogens (tertiary/aromatic N) is 4. The molecule has 0 N–H and O–H groups in total. The molecular weight excluding hydrogens is 653 g/mol. The number of aryl methyl sites for hydroxylation is 1. The maximum absolute atomic E-state index is 13.6. The van der Waals surface area contributed by atoms with Crippen LogP contribution in [0.2, 0.25) is 10.0 Å². The van der Waals surface area contributed by atoms with E-state index in [4.69, 9.17) is 32.7 Å². The molecule has 1 saturated carbocycles. The molecule has 5 rings (SSSR count). The standard InChI is InChI=1S/C26H26Cl2F2N4O7S2/c1-32-7-6-31-26(32)43(37,38)34-8-9-42-23(34)24(35)40-21(11-17-18(27)12-33(36)13-19(17)28)16-4-5-20(41-25(29)30)22(10-16)39-14-15-2-3-15/h4-7,10,12-13,15,21,23,25H,2-3,8-9,11,14H2,1H3. The summed E-state index contributed by atoms with van der Waals surface area (Å²) in [4.78, 5) is 17.5. The van der Waals surface area contributed by atoms with E-state index < -0.39 is 34.1 Å². The Labute approximate surface area is 260 Å². The summed E-state index contributed by atoms with van der Waals surface area (Å²) in [6, 6.07) is 4.11. The van der Waals surface area contributed by atoms with Gasteiger partial charge in [-0.05, 0) is 36.5 Å². The zero-order valence-electron chi connectivity index (χ0n) is 22.6. The molecular formula is C26H26Cl2F2N4O7S2. The Morgan fingerprint density at radius 1 is 1.23 bits per heavy atom. The minimum Gasteiger partial charge on any atom is -0.619 e. The Kier molecular flexibility index (Phi) is 9.56. The number of aromatic nitrogens is 3. The summed E-state index contributed by atoms with van der Waals surface area (Å²) in [6.07, 6.45) is 5.60. The van der Waals surface area contributed by atoms with Crippen molar-refractivity contribution in [3.8, 4) is 11.5 Å². The van der Waals surface area contributed by atoms with E-state index in [9.17, 15) is 27.2 Å². The Bertz CT molecular complexity index is 1580. The van der Waals surface area contributed by atoms with Crippen molar-refractivity contribution < 1.29 is 40.9 Å². The molecule has 43 heavy (non-hydrogen) atoms. The molecule has 0 bridgehead atoms. The number of rotatable bonds is 12. The average molecular weight is 680 g/mol. The maximum atomic E-state index is 13.6. The number of ether oxygens (including phenoxy) is 3. The Balaban J connectivity index is 1.48. The zero-order valence-corrected chi connectivity index (χ0v) is 25.7. The van der Waals surface area contributed by atoms with Crippen molar-refractivity contribution in [2.75, 3.05) is 18.9 Å². The van der Waals surface area contributed by atoms with E-state index in [-0.39, 0.29) is 51.8 Å². The third-order valence-electron chi connectivity index (χ3n) is 6.80. The molecule has 0 spiro atoms. The summed E-state index contributed by atoms with van der Waals surface area (Å²) in [6.45, 7) is -2.77. The molecule has 1 saturated heterocycles. The van der Waals surface area contributed by atoms with Crippen LogP contribution in [-0.2, 0) is 33.0 Å². The van der Waals surface area contributed by atoms with E-state index in [1.54, 1.807) is 0 Å². The number of hydrogen-bond acceptors (Lipinski definition) is 9. The molecule has 2 aliphatic rings. The molecule has 0 radical (unpaired) electrons. The van der Waals surface area contributed by atoms with E-state index in [0.29, 0.717) is 22.0 Å². The third kappa shape index (κ3) is 7.28. The normalized spacial score (nSPS) is 18.1. The topological polar surface area (TPSA) is 127 Å². The van der Waals surface area contributed by atoms with Gasteiger partial charge in [0.2, 0.25) is 5.16 Å². The van der Waals surface area contributed by atoms with Crippen molar-refractivity contribution in [2.45, 2.75) is 42.5 Å². The highest BCUT2D eigenvalue weighted by Crippen LogP contribution is 2.39. The zero-order chi connectivity index (χ0) is 30.9. The number of thioether (sulfide) groups is 1. The average Bonchev–Trinajstić information content (AvgIpc) is 3.42. The molecule has 232 valence electrons. The molecule has 1 aliphatic heterocycles. The second kappa shape index (κ2) is 13.0. The van der Waals surface area contributed by atoms with Crippen LogP contribution < -0.4 is 14.2 Å². The number of alkyl halides is 2. The summed E-state index contributed by atoms with van der Waals surface area (Å²) in [5, 5.41) is 10.4. The largest absolute Gasteiger partial charge is 0.619 e. The molecule has 2 unspecified atom stereocenters. The van der Waals surface area contributed by atoms with E-state index in [0.717, 1.165) is 41.3 Å². The van der Waals surface area contributed by atoms with Gasteiger partial charge in [0, 0.05) is 43.7 Å². The molecule has 2 fully saturated rings. The summed E-state index contributed by atoms with van der Waals surface area (Å²) >= 11 is 13.7. The predicted octanol–water partition coefficient (Wildman–Crippen LogP) is 4.34. The Hall–Kier alpha value is -2.85. The number of pyridine rings is 1. The van der Waals surface area contributed by atoms with E-state index in [1.165, 1.54) is 42.2 Å². The van der Waals surface area contributed by atoms with E-state index in [2.05, 4.69) is 9.72 Å². The number of benzene rings is 1. The highest BCUT2D eigenvalue weighted by Gasteiger charge is 2.43. The highest BCUT2D eigenvalue weighted by atomic mass is 35.5. The fourth-order valence-corrected chi connectivity index (χ4v) is 8.18. The Morgan fingerprint density at radius 2 is 1.95 bits per heavy atom. The predicted molar refractivity (Wildman–Crippen MR) is 153 cm³/mol. The summed E-state index contributed by atoms with van der Waals surface area (Å²) in [5.41, 5.74) is 0.589. The van der Waals surface area contributed by atoms with Crippen LogP contribution in [0.25, 0.3) is 0 Å². The second-order valence-electron chi connectivity index (χ2n) is 9.92. The molecule has 3 heterocycles. The molecule has 17 heteroatoms. The van der Waals surface area contributed by atoms with Crippen LogP contribution in [0.5, 0.6) is 11.5 Å². The van der Waals surface area contributed by atoms with Gasteiger partial charge in [0.15, 0.2) is 29.3 Å². The molecule has 3 aromatic rings. The summed E-state index contributed by atoms with van der Waals surface area (Å²) in [7, 11) is -2.63. The van der Waals surface area contributed by atoms with Gasteiger partial charge in [-0.25, -0.2) is 18.2 Å². The van der Waals surface area contributed by atoms with Crippen LogP contribution in [0.1, 0.15) is 30.1 Å². The van der Waals surface area contributed by atoms with Crippen LogP contribution in [0.15, 0.2) is 48.1 Å². The van der Waals surface area contributed by atoms with Crippen LogP contribution in [0.4, 0.5) is 8.78 Å². The number of halogens is 4. The fraction of sp³-hybridized carbons (Fsp3) is 0.423. The Morgan fingerprint density at radius 3 is 2.58 bits per heavy atom. The lowest BCUT2D eigenvalue weighted by atomic mass is 10.0. The quantitative estimate of drug-likeness (QED) is 0.156. The number of carbonyl (C=O) groups is 1. The van der Waals surface area contributed by atoms with Gasteiger partial charge in [-0.3, -0.25) is 0 Å². The third-order valence-corrected chi connectivity index (χ3v) is 10.6. The van der Waals surface area contributed by atoms with Crippen LogP contribution in [0, 0.1) is 11.1 Å². The number of hydrogen-bond donors (Lipinski definition) is 0. The van der Waals surface area contributed by atoms with Gasteiger partial charge < -0.3 is 24.0 Å². The second-order valence-corrected chi connectivity index (χ2v) is 13.7. The highest BCUT2D eigenvalue weighted by molar-refractivity contribution is 8.02. The first-order chi connectivity index (χ1) is 20.4. The first-order valence-electron chi connectivity index (χ1n) is 13.0. The lowest BCUT2D eigenvalue weighted by Crippen LogP contribution is -2.41. The first kappa shape index (κ1) is 31.6. The van der Waals surface area contributed by atoms with Crippen LogP contribution >= 0.6 is 35.0 Å². The van der Waals surface area contributed by atoms with E-state index in [1.807, 2.05) is 0 Å². The van der Waals surface area contributed by atoms with Gasteiger partial charge in [0.1, 0.15) is 16.1 Å². The maximum Gasteiger partial charge on any atom is 0.387 e. The van der Waals surface area contributed by atoms with E-state index >= 15 is 0 Å². The van der Waals surface area contributed by atoms with Crippen molar-refractivity contribution in [3.05, 3.63) is 69.4 Å². The monoisotopic (exact) mass is 678 g/mol. The lowest BCUT2D eigenvalue weighted by molar-refractivity contribution is -0.605. The number of imidazole rings is 1. The van der Waals surface area contributed by atoms with Gasteiger partial charge in [-0.15, -0.1) is 11.8 Å². The minimum atomic E-state index is -4.15. The molecule has 2 aromatic heterocycles. The fourth-order valence-electron chi connectivity index (χ4n) is 4.45. The molecule has 2 atom stereocenters. The minimum absolute atomic E-state index is 0.000590. The summed E-state index contributed by atoms with van der Waals surface area (Å²) in [5.74, 6) is -0.440. The molecule has 11 nitrogen and oxygen atoms in total. The van der Waals surface area contributed by atoms with Crippen LogP contribution in [0.3, 0.4) is 0 Å². The number of esters is 1. The van der Waals surface area contributed by atoms with Crippen molar-refractivity contribution >= 4 is 51.0 Å². The lowest BCUT2D eigenvalue weighted by Gasteiger charge is -2.25. The van der Waals surface area contributed by atoms with Crippen molar-refractivity contribution in [2.24, 2.45) is 13.0 Å². The van der Waals surface area contributed by atoms with Gasteiger partial charge in [-0.2, -0.15) is 17.8 Å². The number of sulfonamides is 1. The first-order valence-corrected chi connectivity index (χ1v) is 16.3. The summed E-state index contributed by atoms with van der Waals surface area (Å²) < 4.78 is 72.1. The van der Waals surface area contributed by atoms with Crippen LogP contribution in [-0.4, -0.2) is 59.1 Å². The van der Waals surface area contributed by atoms with Gasteiger partial charge in [0.25, 0.3) is 10.0 Å².